The van der Waals surface area contributed by atoms with E-state index in [2.05, 4.69) is 32.2 Å². The van der Waals surface area contributed by atoms with Gasteiger partial charge in [-0.1, -0.05) is 39.0 Å². The first-order valence-corrected chi connectivity index (χ1v) is 10.2. The summed E-state index contributed by atoms with van der Waals surface area (Å²) in [5.74, 6) is 2.03. The van der Waals surface area contributed by atoms with Crippen LogP contribution in [0.25, 0.3) is 0 Å². The molecule has 3 rings (SSSR count). The van der Waals surface area contributed by atoms with Gasteiger partial charge in [0.2, 0.25) is 0 Å². The molecule has 0 aromatic heterocycles. The molecule has 0 saturated heterocycles. The fourth-order valence-electron chi connectivity index (χ4n) is 3.28. The molecule has 0 spiro atoms. The lowest BCUT2D eigenvalue weighted by atomic mass is 9.86. The molecule has 0 aliphatic rings. The molecule has 0 fully saturated rings. The quantitative estimate of drug-likeness (QED) is 0.523. The largest absolute Gasteiger partial charge is 0.497 e. The molecule has 0 saturated carbocycles. The van der Waals surface area contributed by atoms with Gasteiger partial charge in [0.1, 0.15) is 23.9 Å². The Balaban J connectivity index is 1.78. The maximum Gasteiger partial charge on any atom is 0.255 e. The van der Waals surface area contributed by atoms with Crippen LogP contribution in [0.3, 0.4) is 0 Å². The summed E-state index contributed by atoms with van der Waals surface area (Å²) in [5, 5.41) is 2.90. The Morgan fingerprint density at radius 2 is 1.58 bits per heavy atom. The first kappa shape index (κ1) is 22.2. The minimum atomic E-state index is -0.204. The van der Waals surface area contributed by atoms with E-state index < -0.39 is 0 Å². The van der Waals surface area contributed by atoms with Crippen molar-refractivity contribution in [3.8, 4) is 17.2 Å². The standard InChI is InChI=1S/C26H29NO4/c1-26(2,3)22-8-6-7-9-24(22)31-17-19-16-18(10-15-23(19)30-5)25(28)27-20-11-13-21(29-4)14-12-20/h6-16H,17H2,1-5H3,(H,27,28). The Morgan fingerprint density at radius 1 is 0.871 bits per heavy atom. The molecule has 0 atom stereocenters. The maximum absolute atomic E-state index is 12.8. The zero-order valence-corrected chi connectivity index (χ0v) is 18.7. The van der Waals surface area contributed by atoms with Crippen molar-refractivity contribution in [1.29, 1.82) is 0 Å². The molecule has 3 aromatic carbocycles. The zero-order chi connectivity index (χ0) is 22.4. The predicted octanol–water partition coefficient (Wildman–Crippen LogP) is 5.83. The van der Waals surface area contributed by atoms with Crippen molar-refractivity contribution in [3.05, 3.63) is 83.4 Å². The van der Waals surface area contributed by atoms with Crippen LogP contribution >= 0.6 is 0 Å². The number of rotatable bonds is 7. The molecule has 1 amide bonds. The van der Waals surface area contributed by atoms with Gasteiger partial charge in [0.15, 0.2) is 0 Å². The van der Waals surface area contributed by atoms with Crippen molar-refractivity contribution in [2.24, 2.45) is 0 Å². The van der Waals surface area contributed by atoms with Gasteiger partial charge in [-0.2, -0.15) is 0 Å². The average molecular weight is 420 g/mol. The van der Waals surface area contributed by atoms with E-state index in [9.17, 15) is 4.79 Å². The third-order valence-electron chi connectivity index (χ3n) is 4.97. The van der Waals surface area contributed by atoms with E-state index in [0.29, 0.717) is 23.6 Å². The highest BCUT2D eigenvalue weighted by atomic mass is 16.5. The number of anilines is 1. The van der Waals surface area contributed by atoms with E-state index in [4.69, 9.17) is 14.2 Å². The van der Waals surface area contributed by atoms with Crippen LogP contribution < -0.4 is 19.5 Å². The molecule has 0 radical (unpaired) electrons. The third kappa shape index (κ3) is 5.57. The lowest BCUT2D eigenvalue weighted by molar-refractivity contribution is 0.102. The number of carbonyl (C=O) groups excluding carboxylic acids is 1. The number of nitrogens with one attached hydrogen (secondary N) is 1. The molecule has 0 unspecified atom stereocenters. The Labute approximate surface area is 184 Å². The van der Waals surface area contributed by atoms with Crippen molar-refractivity contribution in [1.82, 2.24) is 0 Å². The van der Waals surface area contributed by atoms with Crippen LogP contribution in [0.1, 0.15) is 42.3 Å². The summed E-state index contributed by atoms with van der Waals surface area (Å²) in [6, 6.07) is 20.5. The molecular formula is C26H29NO4. The van der Waals surface area contributed by atoms with Crippen LogP contribution in [0.2, 0.25) is 0 Å². The molecule has 0 aliphatic carbocycles. The predicted molar refractivity (Wildman–Crippen MR) is 123 cm³/mol. The number of hydrogen-bond donors (Lipinski definition) is 1. The van der Waals surface area contributed by atoms with Crippen LogP contribution in [-0.4, -0.2) is 20.1 Å². The van der Waals surface area contributed by atoms with E-state index in [1.807, 2.05) is 18.2 Å². The summed E-state index contributed by atoms with van der Waals surface area (Å²) in [6.07, 6.45) is 0. The van der Waals surface area contributed by atoms with Crippen LogP contribution in [0.4, 0.5) is 5.69 Å². The number of para-hydroxylation sites is 1. The minimum Gasteiger partial charge on any atom is -0.497 e. The smallest absolute Gasteiger partial charge is 0.255 e. The SMILES string of the molecule is COc1ccc(NC(=O)c2ccc(OC)c(COc3ccccc3C(C)(C)C)c2)cc1. The normalized spacial score (nSPS) is 11.0. The van der Waals surface area contributed by atoms with Crippen molar-refractivity contribution >= 4 is 11.6 Å². The molecule has 1 N–H and O–H groups in total. The van der Waals surface area contributed by atoms with Gasteiger partial charge < -0.3 is 19.5 Å². The van der Waals surface area contributed by atoms with Crippen LogP contribution in [0.15, 0.2) is 66.7 Å². The molecule has 5 heteroatoms. The van der Waals surface area contributed by atoms with E-state index in [1.54, 1.807) is 56.7 Å². The zero-order valence-electron chi connectivity index (χ0n) is 18.7. The number of ether oxygens (including phenoxy) is 3. The van der Waals surface area contributed by atoms with Crippen molar-refractivity contribution < 1.29 is 19.0 Å². The van der Waals surface area contributed by atoms with Gasteiger partial charge >= 0.3 is 0 Å². The van der Waals surface area contributed by atoms with E-state index in [1.165, 1.54) is 0 Å². The van der Waals surface area contributed by atoms with Gasteiger partial charge in [-0.3, -0.25) is 4.79 Å². The summed E-state index contributed by atoms with van der Waals surface area (Å²) in [4.78, 5) is 12.8. The molecular weight excluding hydrogens is 390 g/mol. The lowest BCUT2D eigenvalue weighted by Gasteiger charge is -2.23. The molecule has 5 nitrogen and oxygen atoms in total. The highest BCUT2D eigenvalue weighted by Gasteiger charge is 2.19. The maximum atomic E-state index is 12.8. The highest BCUT2D eigenvalue weighted by Crippen LogP contribution is 2.32. The van der Waals surface area contributed by atoms with E-state index in [0.717, 1.165) is 22.6 Å². The number of amides is 1. The molecule has 0 heterocycles. The van der Waals surface area contributed by atoms with Gasteiger partial charge in [-0.05, 0) is 59.5 Å². The molecule has 0 aliphatic heterocycles. The van der Waals surface area contributed by atoms with E-state index >= 15 is 0 Å². The Kier molecular flexibility index (Phi) is 6.85. The van der Waals surface area contributed by atoms with Crippen LogP contribution in [-0.2, 0) is 12.0 Å². The van der Waals surface area contributed by atoms with Crippen molar-refractivity contribution in [2.45, 2.75) is 32.8 Å². The average Bonchev–Trinajstić information content (AvgIpc) is 2.77. The molecule has 0 bridgehead atoms. The van der Waals surface area contributed by atoms with Crippen LogP contribution in [0, 0.1) is 0 Å². The second-order valence-electron chi connectivity index (χ2n) is 8.24. The van der Waals surface area contributed by atoms with Gasteiger partial charge in [0.05, 0.1) is 14.2 Å². The molecule has 3 aromatic rings. The molecule has 162 valence electrons. The number of methoxy groups -OCH3 is 2. The number of benzene rings is 3. The Morgan fingerprint density at radius 3 is 2.23 bits per heavy atom. The fraction of sp³-hybridized carbons (Fsp3) is 0.269. The van der Waals surface area contributed by atoms with Crippen molar-refractivity contribution in [2.75, 3.05) is 19.5 Å². The molecule has 31 heavy (non-hydrogen) atoms. The topological polar surface area (TPSA) is 56.8 Å². The highest BCUT2D eigenvalue weighted by molar-refractivity contribution is 6.04. The van der Waals surface area contributed by atoms with Crippen LogP contribution in [0.5, 0.6) is 17.2 Å². The lowest BCUT2D eigenvalue weighted by Crippen LogP contribution is -2.14. The van der Waals surface area contributed by atoms with Gasteiger partial charge in [0, 0.05) is 16.8 Å². The van der Waals surface area contributed by atoms with Gasteiger partial charge in [-0.15, -0.1) is 0 Å². The fourth-order valence-corrected chi connectivity index (χ4v) is 3.28. The number of hydrogen-bond acceptors (Lipinski definition) is 4. The monoisotopic (exact) mass is 419 g/mol. The first-order chi connectivity index (χ1) is 14.8. The Hall–Kier alpha value is -3.47. The van der Waals surface area contributed by atoms with Gasteiger partial charge in [0.25, 0.3) is 5.91 Å². The summed E-state index contributed by atoms with van der Waals surface area (Å²) < 4.78 is 16.8. The summed E-state index contributed by atoms with van der Waals surface area (Å²) >= 11 is 0. The first-order valence-electron chi connectivity index (χ1n) is 10.2. The third-order valence-corrected chi connectivity index (χ3v) is 4.97. The van der Waals surface area contributed by atoms with E-state index in [-0.39, 0.29) is 11.3 Å². The van der Waals surface area contributed by atoms with Gasteiger partial charge in [-0.25, -0.2) is 0 Å². The second kappa shape index (κ2) is 9.56. The number of carbonyl (C=O) groups is 1. The summed E-state index contributed by atoms with van der Waals surface area (Å²) in [7, 11) is 3.22. The summed E-state index contributed by atoms with van der Waals surface area (Å²) in [5.41, 5.74) is 3.11. The van der Waals surface area contributed by atoms with Crippen molar-refractivity contribution in [3.63, 3.8) is 0 Å². The Bertz CT molecular complexity index is 1040. The second-order valence-corrected chi connectivity index (χ2v) is 8.24. The summed E-state index contributed by atoms with van der Waals surface area (Å²) in [6.45, 7) is 6.75. The minimum absolute atomic E-state index is 0.0409.